The number of nitrogens with zero attached hydrogens (tertiary/aromatic N) is 2. The monoisotopic (exact) mass is 431 g/mol. The normalized spacial score (nSPS) is 20.5. The lowest BCUT2D eigenvalue weighted by atomic mass is 9.87. The van der Waals surface area contributed by atoms with E-state index in [1.807, 2.05) is 0 Å². The molecule has 2 saturated heterocycles. The Balaban J connectivity index is 1.33. The summed E-state index contributed by atoms with van der Waals surface area (Å²) in [6.07, 6.45) is 2.35. The van der Waals surface area contributed by atoms with E-state index in [4.69, 9.17) is 4.74 Å². The van der Waals surface area contributed by atoms with Gasteiger partial charge in [0, 0.05) is 39.1 Å². The number of amides is 1. The van der Waals surface area contributed by atoms with Crippen molar-refractivity contribution >= 4 is 5.91 Å². The number of aliphatic hydroxyl groups excluding tert-OH is 1. The number of piperidine rings is 1. The van der Waals surface area contributed by atoms with E-state index in [9.17, 15) is 9.90 Å². The number of likely N-dealkylation sites (tertiary alicyclic amines) is 1. The highest BCUT2D eigenvalue weighted by molar-refractivity contribution is 5.76. The van der Waals surface area contributed by atoms with Crippen LogP contribution < -0.4 is 5.32 Å². The molecule has 6 nitrogen and oxygen atoms in total. The summed E-state index contributed by atoms with van der Waals surface area (Å²) in [5.41, 5.74) is 2.36. The number of carbonyl (C=O) groups is 1. The third-order valence-electron chi connectivity index (χ3n) is 6.63. The van der Waals surface area contributed by atoms with Gasteiger partial charge in [-0.2, -0.15) is 0 Å². The first-order valence-electron chi connectivity index (χ1n) is 11.8. The third-order valence-corrected chi connectivity index (χ3v) is 6.63. The molecule has 0 radical (unpaired) electrons. The van der Waals surface area contributed by atoms with Crippen LogP contribution in [0.15, 0.2) is 24.3 Å². The molecule has 0 aliphatic carbocycles. The summed E-state index contributed by atoms with van der Waals surface area (Å²) in [7, 11) is 0. The second-order valence-electron chi connectivity index (χ2n) is 10.3. The first-order chi connectivity index (χ1) is 14.8. The Morgan fingerprint density at radius 2 is 1.68 bits per heavy atom. The molecule has 0 bridgehead atoms. The predicted molar refractivity (Wildman–Crippen MR) is 124 cm³/mol. The molecule has 1 aromatic rings. The Hall–Kier alpha value is -1.47. The largest absolute Gasteiger partial charge is 0.391 e. The van der Waals surface area contributed by atoms with E-state index in [2.05, 4.69) is 60.2 Å². The van der Waals surface area contributed by atoms with Crippen LogP contribution in [-0.4, -0.2) is 72.9 Å². The maximum atomic E-state index is 12.4. The maximum absolute atomic E-state index is 12.4. The van der Waals surface area contributed by atoms with E-state index < -0.39 is 0 Å². The van der Waals surface area contributed by atoms with Crippen LogP contribution in [0, 0.1) is 11.3 Å². The number of aliphatic hydroxyl groups is 1. The van der Waals surface area contributed by atoms with Gasteiger partial charge in [-0.15, -0.1) is 0 Å². The molecule has 1 unspecified atom stereocenters. The highest BCUT2D eigenvalue weighted by Crippen LogP contribution is 2.24. The van der Waals surface area contributed by atoms with Gasteiger partial charge in [0.1, 0.15) is 0 Å². The quantitative estimate of drug-likeness (QED) is 0.663. The standard InChI is InChI=1S/C25H41N3O3/c1-25(2,3)23(29)19-27-10-8-20(9-11-27)16-24(30)26-17-21-4-6-22(7-5-21)18-28-12-14-31-15-13-28/h4-7,20,23,29H,8-19H2,1-3H3,(H,26,30). The first-order valence-corrected chi connectivity index (χ1v) is 11.8. The zero-order valence-corrected chi connectivity index (χ0v) is 19.6. The maximum Gasteiger partial charge on any atom is 0.220 e. The highest BCUT2D eigenvalue weighted by Gasteiger charge is 2.27. The van der Waals surface area contributed by atoms with Gasteiger partial charge < -0.3 is 20.1 Å². The zero-order valence-electron chi connectivity index (χ0n) is 19.6. The molecule has 1 aromatic carbocycles. The van der Waals surface area contributed by atoms with Gasteiger partial charge in [0.25, 0.3) is 0 Å². The van der Waals surface area contributed by atoms with Crippen molar-refractivity contribution < 1.29 is 14.6 Å². The van der Waals surface area contributed by atoms with E-state index in [1.54, 1.807) is 0 Å². The Morgan fingerprint density at radius 3 is 2.29 bits per heavy atom. The average Bonchev–Trinajstić information content (AvgIpc) is 2.75. The third kappa shape index (κ3) is 8.19. The molecule has 174 valence electrons. The molecule has 2 fully saturated rings. The number of carbonyl (C=O) groups excluding carboxylic acids is 1. The lowest BCUT2D eigenvalue weighted by molar-refractivity contribution is -0.122. The minimum atomic E-state index is -0.312. The Kier molecular flexibility index (Phi) is 8.90. The van der Waals surface area contributed by atoms with Crippen molar-refractivity contribution in [2.75, 3.05) is 45.9 Å². The summed E-state index contributed by atoms with van der Waals surface area (Å²) in [5.74, 6) is 0.587. The van der Waals surface area contributed by atoms with Crippen LogP contribution in [0.1, 0.15) is 51.2 Å². The van der Waals surface area contributed by atoms with Crippen molar-refractivity contribution in [1.82, 2.24) is 15.1 Å². The van der Waals surface area contributed by atoms with Crippen LogP contribution in [0.4, 0.5) is 0 Å². The van der Waals surface area contributed by atoms with Gasteiger partial charge in [0.2, 0.25) is 5.91 Å². The van der Waals surface area contributed by atoms with Gasteiger partial charge in [-0.05, 0) is 48.4 Å². The molecule has 0 spiro atoms. The second kappa shape index (κ2) is 11.4. The van der Waals surface area contributed by atoms with Gasteiger partial charge in [-0.3, -0.25) is 9.69 Å². The van der Waals surface area contributed by atoms with Crippen LogP contribution in [0.5, 0.6) is 0 Å². The van der Waals surface area contributed by atoms with Crippen molar-refractivity contribution in [3.63, 3.8) is 0 Å². The van der Waals surface area contributed by atoms with Gasteiger partial charge in [0.05, 0.1) is 19.3 Å². The van der Waals surface area contributed by atoms with Crippen LogP contribution in [0.25, 0.3) is 0 Å². The minimum Gasteiger partial charge on any atom is -0.391 e. The van der Waals surface area contributed by atoms with E-state index in [1.165, 1.54) is 5.56 Å². The Morgan fingerprint density at radius 1 is 1.06 bits per heavy atom. The summed E-state index contributed by atoms with van der Waals surface area (Å²) in [6.45, 7) is 14.1. The lowest BCUT2D eigenvalue weighted by Crippen LogP contribution is -2.43. The fraction of sp³-hybridized carbons (Fsp3) is 0.720. The Labute approximate surface area is 187 Å². The molecule has 31 heavy (non-hydrogen) atoms. The molecule has 2 heterocycles. The fourth-order valence-electron chi connectivity index (χ4n) is 4.21. The SMILES string of the molecule is CC(C)(C)C(O)CN1CCC(CC(=O)NCc2ccc(CN3CCOCC3)cc2)CC1. The summed E-state index contributed by atoms with van der Waals surface area (Å²) < 4.78 is 5.40. The number of nitrogens with one attached hydrogen (secondary N) is 1. The molecule has 1 atom stereocenters. The number of hydrogen-bond donors (Lipinski definition) is 2. The number of benzene rings is 1. The van der Waals surface area contributed by atoms with Crippen LogP contribution >= 0.6 is 0 Å². The summed E-state index contributed by atoms with van der Waals surface area (Å²) in [6, 6.07) is 8.57. The highest BCUT2D eigenvalue weighted by atomic mass is 16.5. The summed E-state index contributed by atoms with van der Waals surface area (Å²) in [4.78, 5) is 17.2. The molecule has 6 heteroatoms. The summed E-state index contributed by atoms with van der Waals surface area (Å²) in [5, 5.41) is 13.4. The molecule has 1 amide bonds. The average molecular weight is 432 g/mol. The number of morpholine rings is 1. The molecule has 0 saturated carbocycles. The van der Waals surface area contributed by atoms with Crippen molar-refractivity contribution in [2.24, 2.45) is 11.3 Å². The van der Waals surface area contributed by atoms with Crippen molar-refractivity contribution in [1.29, 1.82) is 0 Å². The van der Waals surface area contributed by atoms with Crippen molar-refractivity contribution in [3.8, 4) is 0 Å². The smallest absolute Gasteiger partial charge is 0.220 e. The van der Waals surface area contributed by atoms with Gasteiger partial charge in [-0.25, -0.2) is 0 Å². The second-order valence-corrected chi connectivity index (χ2v) is 10.3. The summed E-state index contributed by atoms with van der Waals surface area (Å²) >= 11 is 0. The predicted octanol–water partition coefficient (Wildman–Crippen LogP) is 2.64. The number of β-amino-alcohol motifs (C(OH)–C–C–N with tert-alkyl or cyclic N) is 1. The minimum absolute atomic E-state index is 0.0859. The molecular formula is C25H41N3O3. The zero-order chi connectivity index (χ0) is 22.3. The van der Waals surface area contributed by atoms with E-state index >= 15 is 0 Å². The number of hydrogen-bond acceptors (Lipinski definition) is 5. The number of ether oxygens (including phenoxy) is 1. The van der Waals surface area contributed by atoms with E-state index in [-0.39, 0.29) is 17.4 Å². The lowest BCUT2D eigenvalue weighted by Gasteiger charge is -2.36. The molecule has 0 aromatic heterocycles. The Bertz CT molecular complexity index is 672. The molecule has 2 N–H and O–H groups in total. The van der Waals surface area contributed by atoms with Crippen LogP contribution in [-0.2, 0) is 22.6 Å². The van der Waals surface area contributed by atoms with Crippen molar-refractivity contribution in [3.05, 3.63) is 35.4 Å². The van der Waals surface area contributed by atoms with Gasteiger partial charge in [-0.1, -0.05) is 45.0 Å². The topological polar surface area (TPSA) is 65.0 Å². The molecule has 2 aliphatic rings. The fourth-order valence-corrected chi connectivity index (χ4v) is 4.21. The van der Waals surface area contributed by atoms with E-state index in [0.717, 1.165) is 70.9 Å². The van der Waals surface area contributed by atoms with Crippen LogP contribution in [0.2, 0.25) is 0 Å². The van der Waals surface area contributed by atoms with E-state index in [0.29, 0.717) is 18.9 Å². The van der Waals surface area contributed by atoms with Gasteiger partial charge in [0.15, 0.2) is 0 Å². The van der Waals surface area contributed by atoms with Crippen LogP contribution in [0.3, 0.4) is 0 Å². The number of rotatable bonds is 8. The molecule has 3 rings (SSSR count). The molecule has 2 aliphatic heterocycles. The van der Waals surface area contributed by atoms with Gasteiger partial charge >= 0.3 is 0 Å². The molecular weight excluding hydrogens is 390 g/mol. The van der Waals surface area contributed by atoms with Crippen molar-refractivity contribution in [2.45, 2.75) is 59.2 Å². The first kappa shape index (κ1) is 24.2.